The third-order valence-corrected chi connectivity index (χ3v) is 6.20. The smallest absolute Gasteiger partial charge is 0.303 e. The summed E-state index contributed by atoms with van der Waals surface area (Å²) >= 11 is 0. The van der Waals surface area contributed by atoms with Gasteiger partial charge in [0, 0.05) is 44.0 Å². The number of unbranched alkanes of at least 4 members (excludes halogenated alkanes) is 1. The summed E-state index contributed by atoms with van der Waals surface area (Å²) in [5, 5.41) is 15.7. The van der Waals surface area contributed by atoms with Crippen LogP contribution in [0, 0.1) is 5.82 Å². The van der Waals surface area contributed by atoms with Crippen LogP contribution in [-0.4, -0.2) is 55.4 Å². The number of carboxylic acids is 1. The predicted molar refractivity (Wildman–Crippen MR) is 146 cm³/mol. The van der Waals surface area contributed by atoms with Crippen molar-refractivity contribution in [3.05, 3.63) is 58.9 Å². The van der Waals surface area contributed by atoms with Gasteiger partial charge in [0.15, 0.2) is 0 Å². The molecule has 0 radical (unpaired) electrons. The zero-order valence-corrected chi connectivity index (χ0v) is 22.2. The molecule has 1 aliphatic rings. The summed E-state index contributed by atoms with van der Waals surface area (Å²) in [6.07, 6.45) is 4.58. The molecule has 2 aromatic rings. The lowest BCUT2D eigenvalue weighted by molar-refractivity contribution is -0.136. The first-order valence-electron chi connectivity index (χ1n) is 13.4. The van der Waals surface area contributed by atoms with E-state index in [2.05, 4.69) is 40.7 Å². The summed E-state index contributed by atoms with van der Waals surface area (Å²) in [5.74, 6) is -1.29. The monoisotopic (exact) mass is 501 g/mol. The molecule has 1 heterocycles. The number of carboxylic acid groups (broad SMARTS) is 1. The zero-order valence-electron chi connectivity index (χ0n) is 22.2. The first-order chi connectivity index (χ1) is 17.5. The van der Waals surface area contributed by atoms with Crippen LogP contribution >= 0.6 is 0 Å². The van der Waals surface area contributed by atoms with Crippen molar-refractivity contribution < 1.29 is 19.0 Å². The molecule has 0 unspecified atom stereocenters. The van der Waals surface area contributed by atoms with Gasteiger partial charge < -0.3 is 20.5 Å². The lowest BCUT2D eigenvalue weighted by atomic mass is 10.0. The number of hydrogen-bond donors (Lipinski definition) is 3. The molecule has 2 aromatic carbocycles. The molecule has 0 amide bonds. The second-order valence-electron chi connectivity index (χ2n) is 8.88. The number of hydrogen-bond acceptors (Lipinski definition) is 5. The molecule has 1 saturated heterocycles. The fraction of sp³-hybridized carbons (Fsp3) is 0.552. The van der Waals surface area contributed by atoms with Crippen LogP contribution in [-0.2, 0) is 28.9 Å². The van der Waals surface area contributed by atoms with Crippen molar-refractivity contribution in [1.29, 1.82) is 0 Å². The van der Waals surface area contributed by atoms with Crippen LogP contribution in [0.1, 0.15) is 63.1 Å². The van der Waals surface area contributed by atoms with E-state index in [1.165, 1.54) is 17.3 Å². The Kier molecular flexibility index (Phi) is 13.9. The highest BCUT2D eigenvalue weighted by Crippen LogP contribution is 2.22. The van der Waals surface area contributed by atoms with Gasteiger partial charge in [-0.1, -0.05) is 45.4 Å². The summed E-state index contributed by atoms with van der Waals surface area (Å²) in [7, 11) is 0. The number of morpholine rings is 1. The van der Waals surface area contributed by atoms with E-state index in [9.17, 15) is 9.18 Å². The quantitative estimate of drug-likeness (QED) is 0.278. The van der Waals surface area contributed by atoms with Crippen LogP contribution in [0.15, 0.2) is 36.4 Å². The Morgan fingerprint density at radius 1 is 1.03 bits per heavy atom. The van der Waals surface area contributed by atoms with Crippen LogP contribution in [0.2, 0.25) is 0 Å². The summed E-state index contributed by atoms with van der Waals surface area (Å²) in [5.41, 5.74) is 4.77. The third-order valence-electron chi connectivity index (χ3n) is 6.20. The highest BCUT2D eigenvalue weighted by atomic mass is 19.1. The zero-order chi connectivity index (χ0) is 26.2. The molecular formula is C29H44FN3O3. The van der Waals surface area contributed by atoms with E-state index in [1.54, 1.807) is 12.1 Å². The van der Waals surface area contributed by atoms with Gasteiger partial charge in [0.25, 0.3) is 0 Å². The summed E-state index contributed by atoms with van der Waals surface area (Å²) in [6, 6.07) is 11.4. The van der Waals surface area contributed by atoms with Crippen molar-refractivity contribution in [2.24, 2.45) is 0 Å². The Morgan fingerprint density at radius 2 is 1.78 bits per heavy atom. The molecule has 200 valence electrons. The minimum Gasteiger partial charge on any atom is -0.481 e. The number of aryl methyl sites for hydroxylation is 2. The molecule has 6 nitrogen and oxygen atoms in total. The molecule has 0 aliphatic carbocycles. The Hall–Kier alpha value is -2.64. The van der Waals surface area contributed by atoms with Crippen molar-refractivity contribution >= 4 is 17.3 Å². The molecule has 0 atom stereocenters. The summed E-state index contributed by atoms with van der Waals surface area (Å²) < 4.78 is 19.7. The van der Waals surface area contributed by atoms with Crippen molar-refractivity contribution in [2.75, 3.05) is 50.0 Å². The molecule has 0 bridgehead atoms. The molecule has 7 heteroatoms. The highest BCUT2D eigenvalue weighted by molar-refractivity contribution is 5.67. The van der Waals surface area contributed by atoms with Gasteiger partial charge in [0.2, 0.25) is 0 Å². The van der Waals surface area contributed by atoms with Crippen LogP contribution in [0.5, 0.6) is 0 Å². The topological polar surface area (TPSA) is 73.8 Å². The number of halogens is 1. The number of carbonyl (C=O) groups is 1. The molecule has 36 heavy (non-hydrogen) atoms. The van der Waals surface area contributed by atoms with Gasteiger partial charge in [-0.15, -0.1) is 0 Å². The fourth-order valence-electron chi connectivity index (χ4n) is 4.14. The van der Waals surface area contributed by atoms with Crippen LogP contribution in [0.3, 0.4) is 0 Å². The Labute approximate surface area is 216 Å². The van der Waals surface area contributed by atoms with E-state index in [4.69, 9.17) is 9.84 Å². The summed E-state index contributed by atoms with van der Waals surface area (Å²) in [4.78, 5) is 13.2. The predicted octanol–water partition coefficient (Wildman–Crippen LogP) is 5.96. The van der Waals surface area contributed by atoms with Gasteiger partial charge >= 0.3 is 5.97 Å². The number of nitrogens with one attached hydrogen (secondary N) is 2. The minimum atomic E-state index is -0.922. The van der Waals surface area contributed by atoms with Crippen molar-refractivity contribution in [3.8, 4) is 0 Å². The number of nitrogens with zero attached hydrogens (tertiary/aromatic N) is 1. The second-order valence-corrected chi connectivity index (χ2v) is 8.88. The Balaban J connectivity index is 0.00000222. The van der Waals surface area contributed by atoms with E-state index >= 15 is 0 Å². The fourth-order valence-corrected chi connectivity index (χ4v) is 4.14. The van der Waals surface area contributed by atoms with E-state index in [-0.39, 0.29) is 18.7 Å². The largest absolute Gasteiger partial charge is 0.481 e. The van der Waals surface area contributed by atoms with Crippen molar-refractivity contribution in [3.63, 3.8) is 0 Å². The average Bonchev–Trinajstić information content (AvgIpc) is 2.90. The first kappa shape index (κ1) is 29.6. The van der Waals surface area contributed by atoms with E-state index in [0.29, 0.717) is 17.8 Å². The molecule has 1 aliphatic heterocycles. The maximum Gasteiger partial charge on any atom is 0.303 e. The molecule has 0 saturated carbocycles. The number of benzene rings is 2. The average molecular weight is 502 g/mol. The third kappa shape index (κ3) is 10.5. The van der Waals surface area contributed by atoms with Crippen molar-refractivity contribution in [2.45, 2.75) is 65.8 Å². The molecule has 3 N–H and O–H groups in total. The van der Waals surface area contributed by atoms with Gasteiger partial charge in [-0.25, -0.2) is 4.39 Å². The summed E-state index contributed by atoms with van der Waals surface area (Å²) in [6.45, 7) is 12.5. The normalized spacial score (nSPS) is 13.6. The van der Waals surface area contributed by atoms with E-state index < -0.39 is 5.97 Å². The Morgan fingerprint density at radius 3 is 2.47 bits per heavy atom. The number of aliphatic carboxylic acids is 1. The van der Waals surface area contributed by atoms with Gasteiger partial charge in [-0.3, -0.25) is 9.69 Å². The standard InChI is InChI=1S/C27H38FN3O3.C2H6/c1-2-3-5-23-7-6-21(18-26(23)29-12-4-13-31-14-16-34-17-15-31)20-30-24-10-8-22(25(28)19-24)9-11-27(32)33;1-2/h6-8,10,18-19,29-30H,2-5,9,11-17,20H2,1H3,(H,32,33);1-2H3. The molecular weight excluding hydrogens is 457 g/mol. The highest BCUT2D eigenvalue weighted by Gasteiger charge is 2.10. The molecule has 0 aromatic heterocycles. The number of anilines is 2. The first-order valence-corrected chi connectivity index (χ1v) is 13.4. The van der Waals surface area contributed by atoms with Crippen LogP contribution in [0.4, 0.5) is 15.8 Å². The van der Waals surface area contributed by atoms with Crippen molar-refractivity contribution in [1.82, 2.24) is 4.90 Å². The SMILES string of the molecule is CC.CCCCc1ccc(CNc2ccc(CCC(=O)O)c(F)c2)cc1NCCCN1CCOCC1. The number of rotatable bonds is 14. The second kappa shape index (κ2) is 16.9. The lowest BCUT2D eigenvalue weighted by Crippen LogP contribution is -2.37. The van der Waals surface area contributed by atoms with E-state index in [0.717, 1.165) is 70.6 Å². The Bertz CT molecular complexity index is 917. The van der Waals surface area contributed by atoms with Gasteiger partial charge in [0.05, 0.1) is 13.2 Å². The van der Waals surface area contributed by atoms with Gasteiger partial charge in [-0.05, 0) is 67.1 Å². The number of ether oxygens (including phenoxy) is 1. The van der Waals surface area contributed by atoms with E-state index in [1.807, 2.05) is 13.8 Å². The van der Waals surface area contributed by atoms with Crippen LogP contribution < -0.4 is 10.6 Å². The molecule has 1 fully saturated rings. The van der Waals surface area contributed by atoms with Gasteiger partial charge in [-0.2, -0.15) is 0 Å². The van der Waals surface area contributed by atoms with Crippen LogP contribution in [0.25, 0.3) is 0 Å². The maximum atomic E-state index is 14.3. The lowest BCUT2D eigenvalue weighted by Gasteiger charge is -2.26. The molecule has 0 spiro atoms. The minimum absolute atomic E-state index is 0.0731. The van der Waals surface area contributed by atoms with Gasteiger partial charge in [0.1, 0.15) is 5.82 Å². The molecule has 3 rings (SSSR count). The maximum absolute atomic E-state index is 14.3.